The molecule has 0 aromatic rings. The molecule has 0 heterocycles. The average Bonchev–Trinajstić information content (AvgIpc) is 3.46. The second kappa shape index (κ2) is 69.8. The van der Waals surface area contributed by atoms with Crippen molar-refractivity contribution in [3.8, 4) is 0 Å². The first-order chi connectivity index (χ1) is 39.5. The minimum Gasteiger partial charge on any atom is -0.466 e. The number of amides is 1. The molecule has 6 heteroatoms. The fourth-order valence-corrected chi connectivity index (χ4v) is 11.6. The second-order valence-electron chi connectivity index (χ2n) is 25.3. The van der Waals surface area contributed by atoms with Gasteiger partial charge in [-0.1, -0.05) is 366 Å². The molecule has 0 aliphatic heterocycles. The molecule has 0 saturated carbocycles. The average molecular weight is 1130 g/mol. The van der Waals surface area contributed by atoms with Crippen LogP contribution in [0.2, 0.25) is 0 Å². The molecule has 0 fully saturated rings. The molecular formula is C74H143NO5. The van der Waals surface area contributed by atoms with Crippen LogP contribution in [-0.2, 0) is 14.3 Å². The molecule has 0 bridgehead atoms. The van der Waals surface area contributed by atoms with Crippen LogP contribution >= 0.6 is 0 Å². The Bertz CT molecular complexity index is 1250. The summed E-state index contributed by atoms with van der Waals surface area (Å²) >= 11 is 0. The Hall–Kier alpha value is -1.66. The van der Waals surface area contributed by atoms with Gasteiger partial charge in [-0.3, -0.25) is 9.59 Å². The smallest absolute Gasteiger partial charge is 0.305 e. The largest absolute Gasteiger partial charge is 0.466 e. The van der Waals surface area contributed by atoms with Crippen LogP contribution in [0.5, 0.6) is 0 Å². The van der Waals surface area contributed by atoms with Gasteiger partial charge in [0, 0.05) is 12.8 Å². The third kappa shape index (κ3) is 65.5. The molecule has 0 spiro atoms. The molecule has 0 saturated heterocycles. The van der Waals surface area contributed by atoms with Gasteiger partial charge in [-0.05, 0) is 57.8 Å². The van der Waals surface area contributed by atoms with E-state index in [2.05, 4.69) is 31.3 Å². The van der Waals surface area contributed by atoms with E-state index in [0.717, 1.165) is 44.9 Å². The number of carbonyl (C=O) groups is 2. The number of allylic oxidation sites excluding steroid dienone is 3. The van der Waals surface area contributed by atoms with E-state index in [9.17, 15) is 19.8 Å². The summed E-state index contributed by atoms with van der Waals surface area (Å²) < 4.78 is 5.48. The molecule has 474 valence electrons. The molecule has 0 aromatic carbocycles. The summed E-state index contributed by atoms with van der Waals surface area (Å²) in [5, 5.41) is 23.3. The minimum atomic E-state index is -0.844. The van der Waals surface area contributed by atoms with Crippen LogP contribution in [0.15, 0.2) is 24.3 Å². The lowest BCUT2D eigenvalue weighted by atomic mass is 10.0. The predicted molar refractivity (Wildman–Crippen MR) is 352 cm³/mol. The Labute approximate surface area is 501 Å². The van der Waals surface area contributed by atoms with Crippen LogP contribution in [0, 0.1) is 0 Å². The standard InChI is InChI=1S/C74H143NO5/c1-3-5-7-9-11-13-15-17-18-19-20-21-22-25-28-31-34-37-40-43-46-50-54-58-62-66-72(77)71(70-76)75-73(78)67-63-59-55-51-47-44-41-38-35-32-29-26-23-24-27-30-33-36-39-42-45-49-53-57-61-65-69-80-74(79)68-64-60-56-52-48-16-14-12-10-8-6-4-2/h12,14,62,66,71-72,76-77H,3-11,13,15-61,63-65,67-70H2,1-2H3,(H,75,78)/b14-12-,66-62+. The molecule has 1 amide bonds. The molecule has 6 nitrogen and oxygen atoms in total. The SMILES string of the molecule is CCCCC/C=C\CCCCCCCC(=O)OCCCCCCCCCCCCCCCCCCCCCCCCCCCCC(=O)NC(CO)C(O)/C=C/CCCCCCCCCCCCCCCCCCCCCCCCC. The maximum atomic E-state index is 12.5. The van der Waals surface area contributed by atoms with Gasteiger partial charge in [-0.2, -0.15) is 0 Å². The van der Waals surface area contributed by atoms with Crippen LogP contribution in [0.3, 0.4) is 0 Å². The first-order valence-corrected chi connectivity index (χ1v) is 36.6. The molecular weight excluding hydrogens is 983 g/mol. The summed E-state index contributed by atoms with van der Waals surface area (Å²) in [6.45, 7) is 4.92. The van der Waals surface area contributed by atoms with Crippen molar-refractivity contribution in [1.82, 2.24) is 5.32 Å². The van der Waals surface area contributed by atoms with Crippen molar-refractivity contribution in [2.75, 3.05) is 13.2 Å². The lowest BCUT2D eigenvalue weighted by Crippen LogP contribution is -2.45. The van der Waals surface area contributed by atoms with E-state index in [1.807, 2.05) is 6.08 Å². The van der Waals surface area contributed by atoms with Gasteiger partial charge >= 0.3 is 5.97 Å². The van der Waals surface area contributed by atoms with Crippen molar-refractivity contribution in [2.24, 2.45) is 0 Å². The third-order valence-corrected chi connectivity index (χ3v) is 17.2. The Morgan fingerprint density at radius 3 is 0.912 bits per heavy atom. The maximum Gasteiger partial charge on any atom is 0.305 e. The van der Waals surface area contributed by atoms with E-state index in [0.29, 0.717) is 19.4 Å². The van der Waals surface area contributed by atoms with Crippen molar-refractivity contribution < 1.29 is 24.5 Å². The van der Waals surface area contributed by atoms with E-state index in [-0.39, 0.29) is 18.5 Å². The Balaban J connectivity index is 3.39. The summed E-state index contributed by atoms with van der Waals surface area (Å²) in [5.74, 6) is -0.0533. The van der Waals surface area contributed by atoms with Gasteiger partial charge in [0.25, 0.3) is 0 Å². The molecule has 2 atom stereocenters. The zero-order chi connectivity index (χ0) is 57.8. The highest BCUT2D eigenvalue weighted by Crippen LogP contribution is 2.19. The Kier molecular flexibility index (Phi) is 68.4. The highest BCUT2D eigenvalue weighted by atomic mass is 16.5. The molecule has 0 aliphatic rings. The van der Waals surface area contributed by atoms with Gasteiger partial charge in [0.2, 0.25) is 5.91 Å². The number of unbranched alkanes of at least 4 members (excludes halogenated alkanes) is 56. The lowest BCUT2D eigenvalue weighted by Gasteiger charge is -2.20. The first kappa shape index (κ1) is 78.3. The Morgan fingerprint density at radius 2 is 0.588 bits per heavy atom. The van der Waals surface area contributed by atoms with Crippen molar-refractivity contribution in [3.63, 3.8) is 0 Å². The maximum absolute atomic E-state index is 12.5. The van der Waals surface area contributed by atoms with E-state index in [1.54, 1.807) is 6.08 Å². The zero-order valence-electron chi connectivity index (χ0n) is 54.3. The molecule has 0 aliphatic carbocycles. The summed E-state index contributed by atoms with van der Waals surface area (Å²) in [6.07, 6.45) is 88.4. The van der Waals surface area contributed by atoms with E-state index >= 15 is 0 Å². The first-order valence-electron chi connectivity index (χ1n) is 36.6. The van der Waals surface area contributed by atoms with Crippen LogP contribution in [-0.4, -0.2) is 47.4 Å². The van der Waals surface area contributed by atoms with Crippen LogP contribution in [0.25, 0.3) is 0 Å². The molecule has 3 N–H and O–H groups in total. The van der Waals surface area contributed by atoms with E-state index in [4.69, 9.17) is 4.74 Å². The summed E-state index contributed by atoms with van der Waals surface area (Å²) in [4.78, 5) is 24.6. The third-order valence-electron chi connectivity index (χ3n) is 17.2. The lowest BCUT2D eigenvalue weighted by molar-refractivity contribution is -0.143. The molecule has 0 rings (SSSR count). The van der Waals surface area contributed by atoms with Crippen molar-refractivity contribution in [3.05, 3.63) is 24.3 Å². The molecule has 0 aromatic heterocycles. The highest BCUT2D eigenvalue weighted by molar-refractivity contribution is 5.76. The highest BCUT2D eigenvalue weighted by Gasteiger charge is 2.18. The monoisotopic (exact) mass is 1130 g/mol. The van der Waals surface area contributed by atoms with E-state index < -0.39 is 12.1 Å². The number of aliphatic hydroxyl groups is 2. The number of ether oxygens (including phenoxy) is 1. The normalized spacial score (nSPS) is 12.6. The molecule has 80 heavy (non-hydrogen) atoms. The number of carbonyl (C=O) groups excluding carboxylic acids is 2. The van der Waals surface area contributed by atoms with Gasteiger partial charge in [-0.15, -0.1) is 0 Å². The van der Waals surface area contributed by atoms with Gasteiger partial charge in [-0.25, -0.2) is 0 Å². The fraction of sp³-hybridized carbons (Fsp3) is 0.919. The van der Waals surface area contributed by atoms with Crippen molar-refractivity contribution in [1.29, 1.82) is 0 Å². The van der Waals surface area contributed by atoms with E-state index in [1.165, 1.54) is 340 Å². The van der Waals surface area contributed by atoms with Crippen molar-refractivity contribution >= 4 is 11.9 Å². The topological polar surface area (TPSA) is 95.9 Å². The Morgan fingerprint density at radius 1 is 0.338 bits per heavy atom. The number of rotatable bonds is 69. The van der Waals surface area contributed by atoms with Gasteiger partial charge in [0.05, 0.1) is 25.4 Å². The van der Waals surface area contributed by atoms with Gasteiger partial charge < -0.3 is 20.3 Å². The number of aliphatic hydroxyl groups excluding tert-OH is 2. The predicted octanol–water partition coefficient (Wildman–Crippen LogP) is 23.7. The van der Waals surface area contributed by atoms with Gasteiger partial charge in [0.15, 0.2) is 0 Å². The van der Waals surface area contributed by atoms with Crippen molar-refractivity contribution in [2.45, 2.75) is 424 Å². The summed E-state index contributed by atoms with van der Waals surface area (Å²) in [6, 6.07) is -0.627. The number of hydrogen-bond donors (Lipinski definition) is 3. The quantitative estimate of drug-likeness (QED) is 0.0320. The summed E-state index contributed by atoms with van der Waals surface area (Å²) in [7, 11) is 0. The molecule has 0 radical (unpaired) electrons. The van der Waals surface area contributed by atoms with Crippen LogP contribution in [0.4, 0.5) is 0 Å². The summed E-state index contributed by atoms with van der Waals surface area (Å²) in [5.41, 5.74) is 0. The second-order valence-corrected chi connectivity index (χ2v) is 25.3. The molecule has 2 unspecified atom stereocenters. The zero-order valence-corrected chi connectivity index (χ0v) is 54.3. The number of nitrogens with one attached hydrogen (secondary N) is 1. The number of hydrogen-bond acceptors (Lipinski definition) is 5. The fourth-order valence-electron chi connectivity index (χ4n) is 11.6. The van der Waals surface area contributed by atoms with Crippen LogP contribution in [0.1, 0.15) is 412 Å². The van der Waals surface area contributed by atoms with Gasteiger partial charge in [0.1, 0.15) is 0 Å². The minimum absolute atomic E-state index is 0.00754. The van der Waals surface area contributed by atoms with Crippen LogP contribution < -0.4 is 5.32 Å². The number of esters is 1.